The Morgan fingerprint density at radius 2 is 2.24 bits per heavy atom. The zero-order chi connectivity index (χ0) is 12.3. The van der Waals surface area contributed by atoms with Gasteiger partial charge in [-0.1, -0.05) is 11.6 Å². The molecule has 1 aromatic carbocycles. The molecule has 1 fully saturated rings. The summed E-state index contributed by atoms with van der Waals surface area (Å²) in [5, 5.41) is 12.8. The van der Waals surface area contributed by atoms with Crippen LogP contribution < -0.4 is 11.1 Å². The first-order chi connectivity index (χ1) is 8.19. The highest BCUT2D eigenvalue weighted by Crippen LogP contribution is 2.27. The molecule has 0 amide bonds. The molecule has 0 radical (unpaired) electrons. The molecule has 3 N–H and O–H groups in total. The summed E-state index contributed by atoms with van der Waals surface area (Å²) >= 11 is 6.12. The summed E-state index contributed by atoms with van der Waals surface area (Å²) in [6.45, 7) is 0. The Bertz CT molecular complexity index is 439. The van der Waals surface area contributed by atoms with Crippen molar-refractivity contribution >= 4 is 17.3 Å². The molecule has 1 aromatic rings. The number of hydrogen-bond donors (Lipinski definition) is 2. The molecule has 3 nitrogen and oxygen atoms in total. The predicted octanol–water partition coefficient (Wildman–Crippen LogP) is 2.89. The number of benzene rings is 1. The van der Waals surface area contributed by atoms with Crippen molar-refractivity contribution in [3.8, 4) is 6.07 Å². The van der Waals surface area contributed by atoms with Gasteiger partial charge >= 0.3 is 0 Å². The fraction of sp³-hybridized carbons (Fsp3) is 0.462. The van der Waals surface area contributed by atoms with Gasteiger partial charge in [-0.05, 0) is 43.9 Å². The van der Waals surface area contributed by atoms with Gasteiger partial charge in [0.1, 0.15) is 0 Å². The summed E-state index contributed by atoms with van der Waals surface area (Å²) in [7, 11) is 0. The van der Waals surface area contributed by atoms with Crippen LogP contribution >= 0.6 is 11.6 Å². The van der Waals surface area contributed by atoms with E-state index in [1.807, 2.05) is 6.07 Å². The minimum Gasteiger partial charge on any atom is -0.381 e. The molecule has 0 saturated heterocycles. The smallest absolute Gasteiger partial charge is 0.0992 e. The van der Waals surface area contributed by atoms with Crippen LogP contribution in [-0.2, 0) is 0 Å². The minimum atomic E-state index is 0.290. The van der Waals surface area contributed by atoms with Crippen molar-refractivity contribution < 1.29 is 0 Å². The van der Waals surface area contributed by atoms with E-state index in [1.165, 1.54) is 0 Å². The first-order valence-corrected chi connectivity index (χ1v) is 6.28. The standard InChI is InChI=1S/C13H16ClN3/c14-12-6-9(8-15)4-5-13(12)17-11-3-1-2-10(16)7-11/h4-6,10-11,17H,1-3,7,16H2. The SMILES string of the molecule is N#Cc1ccc(NC2CCCC(N)C2)c(Cl)c1. The number of nitrogens with zero attached hydrogens (tertiary/aromatic N) is 1. The average Bonchev–Trinajstić information content (AvgIpc) is 2.32. The Balaban J connectivity index is 2.06. The Labute approximate surface area is 107 Å². The fourth-order valence-electron chi connectivity index (χ4n) is 2.28. The normalized spacial score (nSPS) is 24.1. The van der Waals surface area contributed by atoms with E-state index in [0.717, 1.165) is 31.4 Å². The molecular formula is C13H16ClN3. The van der Waals surface area contributed by atoms with E-state index in [0.29, 0.717) is 22.7 Å². The van der Waals surface area contributed by atoms with Gasteiger partial charge in [-0.3, -0.25) is 0 Å². The maximum absolute atomic E-state index is 8.76. The zero-order valence-corrected chi connectivity index (χ0v) is 10.4. The van der Waals surface area contributed by atoms with E-state index < -0.39 is 0 Å². The van der Waals surface area contributed by atoms with Crippen molar-refractivity contribution in [2.24, 2.45) is 5.73 Å². The van der Waals surface area contributed by atoms with Crippen LogP contribution in [0.15, 0.2) is 18.2 Å². The van der Waals surface area contributed by atoms with Gasteiger partial charge in [-0.15, -0.1) is 0 Å². The summed E-state index contributed by atoms with van der Waals surface area (Å²) in [4.78, 5) is 0. The Kier molecular flexibility index (Phi) is 3.88. The van der Waals surface area contributed by atoms with Crippen molar-refractivity contribution in [3.63, 3.8) is 0 Å². The summed E-state index contributed by atoms with van der Waals surface area (Å²) in [6, 6.07) is 8.08. The number of nitriles is 1. The van der Waals surface area contributed by atoms with Gasteiger partial charge < -0.3 is 11.1 Å². The van der Waals surface area contributed by atoms with Crippen LogP contribution in [0.3, 0.4) is 0 Å². The van der Waals surface area contributed by atoms with Crippen LogP contribution in [0.5, 0.6) is 0 Å². The van der Waals surface area contributed by atoms with Crippen molar-refractivity contribution in [2.45, 2.75) is 37.8 Å². The number of nitrogens with two attached hydrogens (primary N) is 1. The number of rotatable bonds is 2. The molecule has 90 valence electrons. The lowest BCUT2D eigenvalue weighted by Gasteiger charge is -2.28. The maximum atomic E-state index is 8.76. The van der Waals surface area contributed by atoms with E-state index in [2.05, 4.69) is 11.4 Å². The van der Waals surface area contributed by atoms with Crippen LogP contribution in [-0.4, -0.2) is 12.1 Å². The quantitative estimate of drug-likeness (QED) is 0.847. The third kappa shape index (κ3) is 3.12. The molecule has 2 unspecified atom stereocenters. The van der Waals surface area contributed by atoms with Gasteiger partial charge in [0.05, 0.1) is 22.3 Å². The Morgan fingerprint density at radius 3 is 2.88 bits per heavy atom. The molecule has 1 aliphatic rings. The largest absolute Gasteiger partial charge is 0.381 e. The Hall–Kier alpha value is -1.24. The predicted molar refractivity (Wildman–Crippen MR) is 70.0 cm³/mol. The molecular weight excluding hydrogens is 234 g/mol. The van der Waals surface area contributed by atoms with Crippen molar-refractivity contribution in [1.82, 2.24) is 0 Å². The van der Waals surface area contributed by atoms with E-state index in [1.54, 1.807) is 12.1 Å². The number of halogens is 1. The van der Waals surface area contributed by atoms with E-state index in [9.17, 15) is 0 Å². The molecule has 0 aromatic heterocycles. The maximum Gasteiger partial charge on any atom is 0.0992 e. The van der Waals surface area contributed by atoms with E-state index in [4.69, 9.17) is 22.6 Å². The lowest BCUT2D eigenvalue weighted by Crippen LogP contribution is -2.34. The molecule has 1 saturated carbocycles. The van der Waals surface area contributed by atoms with Gasteiger partial charge in [0.25, 0.3) is 0 Å². The summed E-state index contributed by atoms with van der Waals surface area (Å²) in [6.07, 6.45) is 4.38. The molecule has 0 spiro atoms. The first-order valence-electron chi connectivity index (χ1n) is 5.91. The lowest BCUT2D eigenvalue weighted by molar-refractivity contribution is 0.409. The number of nitrogens with one attached hydrogen (secondary N) is 1. The molecule has 1 aliphatic carbocycles. The highest BCUT2D eigenvalue weighted by Gasteiger charge is 2.19. The third-order valence-corrected chi connectivity index (χ3v) is 3.49. The zero-order valence-electron chi connectivity index (χ0n) is 9.62. The Morgan fingerprint density at radius 1 is 1.41 bits per heavy atom. The third-order valence-electron chi connectivity index (χ3n) is 3.17. The van der Waals surface area contributed by atoms with Gasteiger partial charge in [0.15, 0.2) is 0 Å². The highest BCUT2D eigenvalue weighted by atomic mass is 35.5. The topological polar surface area (TPSA) is 61.8 Å². The molecule has 17 heavy (non-hydrogen) atoms. The fourth-order valence-corrected chi connectivity index (χ4v) is 2.52. The number of anilines is 1. The molecule has 4 heteroatoms. The minimum absolute atomic E-state index is 0.290. The van der Waals surface area contributed by atoms with Gasteiger partial charge in [0, 0.05) is 12.1 Å². The van der Waals surface area contributed by atoms with Crippen LogP contribution in [0.25, 0.3) is 0 Å². The second-order valence-corrected chi connectivity index (χ2v) is 4.98. The first kappa shape index (κ1) is 12.2. The highest BCUT2D eigenvalue weighted by molar-refractivity contribution is 6.33. The second kappa shape index (κ2) is 5.39. The van der Waals surface area contributed by atoms with Gasteiger partial charge in [-0.25, -0.2) is 0 Å². The van der Waals surface area contributed by atoms with E-state index in [-0.39, 0.29) is 0 Å². The molecule has 2 atom stereocenters. The molecule has 0 aliphatic heterocycles. The van der Waals surface area contributed by atoms with Crippen LogP contribution in [0.1, 0.15) is 31.2 Å². The van der Waals surface area contributed by atoms with Crippen LogP contribution in [0.2, 0.25) is 5.02 Å². The molecule has 2 rings (SSSR count). The molecule has 0 heterocycles. The van der Waals surface area contributed by atoms with Gasteiger partial charge in [-0.2, -0.15) is 5.26 Å². The van der Waals surface area contributed by atoms with Crippen LogP contribution in [0.4, 0.5) is 5.69 Å². The molecule has 0 bridgehead atoms. The monoisotopic (exact) mass is 249 g/mol. The van der Waals surface area contributed by atoms with Crippen molar-refractivity contribution in [3.05, 3.63) is 28.8 Å². The van der Waals surface area contributed by atoms with Crippen molar-refractivity contribution in [2.75, 3.05) is 5.32 Å². The van der Waals surface area contributed by atoms with Crippen LogP contribution in [0, 0.1) is 11.3 Å². The van der Waals surface area contributed by atoms with Crippen molar-refractivity contribution in [1.29, 1.82) is 5.26 Å². The summed E-state index contributed by atoms with van der Waals surface area (Å²) in [5.41, 5.74) is 7.42. The lowest BCUT2D eigenvalue weighted by atomic mass is 9.91. The van der Waals surface area contributed by atoms with Gasteiger partial charge in [0.2, 0.25) is 0 Å². The number of hydrogen-bond acceptors (Lipinski definition) is 3. The second-order valence-electron chi connectivity index (χ2n) is 4.57. The summed E-state index contributed by atoms with van der Waals surface area (Å²) in [5.74, 6) is 0. The summed E-state index contributed by atoms with van der Waals surface area (Å²) < 4.78 is 0. The average molecular weight is 250 g/mol. The van der Waals surface area contributed by atoms with E-state index >= 15 is 0 Å².